The molecule has 2 nitrogen and oxygen atoms in total. The first kappa shape index (κ1) is 12.2. The van der Waals surface area contributed by atoms with Gasteiger partial charge in [0.25, 0.3) is 0 Å². The number of benzene rings is 1. The van der Waals surface area contributed by atoms with Gasteiger partial charge in [-0.15, -0.1) is 0 Å². The van der Waals surface area contributed by atoms with E-state index in [9.17, 15) is 0 Å². The molecule has 2 aliphatic rings. The Hall–Kier alpha value is -0.860. The van der Waals surface area contributed by atoms with Crippen LogP contribution in [-0.2, 0) is 11.2 Å². The third-order valence-corrected chi connectivity index (χ3v) is 4.44. The summed E-state index contributed by atoms with van der Waals surface area (Å²) in [7, 11) is 0. The molecule has 0 aromatic heterocycles. The molecule has 1 atom stereocenters. The number of hydrogen-bond acceptors (Lipinski definition) is 2. The fraction of sp³-hybridized carbons (Fsp3) is 0.625. The van der Waals surface area contributed by atoms with Crippen molar-refractivity contribution in [1.82, 2.24) is 5.32 Å². The van der Waals surface area contributed by atoms with E-state index in [1.807, 2.05) is 0 Å². The lowest BCUT2D eigenvalue weighted by Crippen LogP contribution is -2.54. The molecule has 1 N–H and O–H groups in total. The molecule has 0 bridgehead atoms. The van der Waals surface area contributed by atoms with Crippen LogP contribution in [0.2, 0.25) is 0 Å². The van der Waals surface area contributed by atoms with Gasteiger partial charge in [0.05, 0.1) is 6.10 Å². The predicted molar refractivity (Wildman–Crippen MR) is 73.7 cm³/mol. The van der Waals surface area contributed by atoms with E-state index in [1.165, 1.54) is 50.8 Å². The highest BCUT2D eigenvalue weighted by Gasteiger charge is 2.37. The van der Waals surface area contributed by atoms with Crippen LogP contribution in [-0.4, -0.2) is 25.8 Å². The Morgan fingerprint density at radius 3 is 2.67 bits per heavy atom. The normalized spacial score (nSPS) is 25.9. The van der Waals surface area contributed by atoms with Gasteiger partial charge in [0.2, 0.25) is 0 Å². The average Bonchev–Trinajstić information content (AvgIpc) is 2.87. The van der Waals surface area contributed by atoms with Crippen molar-refractivity contribution in [2.45, 2.75) is 38.2 Å². The summed E-state index contributed by atoms with van der Waals surface area (Å²) in [5, 5.41) is 3.46. The Labute approximate surface area is 110 Å². The van der Waals surface area contributed by atoms with E-state index >= 15 is 0 Å². The second-order valence-electron chi connectivity index (χ2n) is 5.94. The van der Waals surface area contributed by atoms with Gasteiger partial charge < -0.3 is 10.1 Å². The van der Waals surface area contributed by atoms with Crippen molar-refractivity contribution in [3.63, 3.8) is 0 Å². The molecule has 98 valence electrons. The molecule has 2 saturated heterocycles. The Bertz CT molecular complexity index is 366. The summed E-state index contributed by atoms with van der Waals surface area (Å²) in [6, 6.07) is 10.9. The first-order valence-corrected chi connectivity index (χ1v) is 7.23. The smallest absolute Gasteiger partial charge is 0.0576 e. The quantitative estimate of drug-likeness (QED) is 0.861. The lowest BCUT2D eigenvalue weighted by Gasteiger charge is -2.43. The molecule has 2 aliphatic heterocycles. The fourth-order valence-corrected chi connectivity index (χ4v) is 3.24. The number of hydrogen-bond donors (Lipinski definition) is 1. The van der Waals surface area contributed by atoms with Crippen LogP contribution in [0.25, 0.3) is 0 Å². The van der Waals surface area contributed by atoms with E-state index in [0.717, 1.165) is 6.61 Å². The molecule has 0 saturated carbocycles. The van der Waals surface area contributed by atoms with Crippen molar-refractivity contribution in [2.75, 3.05) is 19.7 Å². The van der Waals surface area contributed by atoms with Gasteiger partial charge in [0.15, 0.2) is 0 Å². The lowest BCUT2D eigenvalue weighted by atomic mass is 9.72. The van der Waals surface area contributed by atoms with Crippen LogP contribution in [0.1, 0.15) is 31.2 Å². The third kappa shape index (κ3) is 2.76. The second kappa shape index (κ2) is 5.41. The van der Waals surface area contributed by atoms with Crippen LogP contribution >= 0.6 is 0 Å². The lowest BCUT2D eigenvalue weighted by molar-refractivity contribution is 0.0713. The molecule has 1 aromatic carbocycles. The van der Waals surface area contributed by atoms with Gasteiger partial charge in [-0.25, -0.2) is 0 Å². The summed E-state index contributed by atoms with van der Waals surface area (Å²) >= 11 is 0. The zero-order valence-electron chi connectivity index (χ0n) is 11.0. The first-order chi connectivity index (χ1) is 8.86. The third-order valence-electron chi connectivity index (χ3n) is 4.44. The summed E-state index contributed by atoms with van der Waals surface area (Å²) in [5.74, 6) is 0. The van der Waals surface area contributed by atoms with E-state index in [2.05, 4.69) is 35.6 Å². The molecule has 2 fully saturated rings. The van der Waals surface area contributed by atoms with E-state index in [-0.39, 0.29) is 0 Å². The molecule has 0 radical (unpaired) electrons. The van der Waals surface area contributed by atoms with Crippen LogP contribution in [0.15, 0.2) is 30.3 Å². The second-order valence-corrected chi connectivity index (χ2v) is 5.94. The number of rotatable bonds is 5. The SMILES string of the molecule is c1ccc(CC2(CCC3CCCO3)CNC2)cc1. The molecule has 18 heavy (non-hydrogen) atoms. The highest BCUT2D eigenvalue weighted by molar-refractivity contribution is 5.18. The van der Waals surface area contributed by atoms with Crippen molar-refractivity contribution >= 4 is 0 Å². The fourth-order valence-electron chi connectivity index (χ4n) is 3.24. The molecule has 3 rings (SSSR count). The summed E-state index contributed by atoms with van der Waals surface area (Å²) in [6.07, 6.45) is 6.84. The molecule has 1 aromatic rings. The Morgan fingerprint density at radius 1 is 1.22 bits per heavy atom. The van der Waals surface area contributed by atoms with Crippen molar-refractivity contribution in [3.8, 4) is 0 Å². The molecule has 2 heteroatoms. The van der Waals surface area contributed by atoms with E-state index in [4.69, 9.17) is 4.74 Å². The van der Waals surface area contributed by atoms with Crippen molar-refractivity contribution in [3.05, 3.63) is 35.9 Å². The van der Waals surface area contributed by atoms with Gasteiger partial charge in [-0.2, -0.15) is 0 Å². The van der Waals surface area contributed by atoms with Gasteiger partial charge in [-0.3, -0.25) is 0 Å². The summed E-state index contributed by atoms with van der Waals surface area (Å²) < 4.78 is 5.75. The summed E-state index contributed by atoms with van der Waals surface area (Å²) in [4.78, 5) is 0. The maximum absolute atomic E-state index is 5.75. The van der Waals surface area contributed by atoms with Gasteiger partial charge in [0.1, 0.15) is 0 Å². The molecular formula is C16H23NO. The largest absolute Gasteiger partial charge is 0.378 e. The minimum absolute atomic E-state index is 0.493. The van der Waals surface area contributed by atoms with Crippen molar-refractivity contribution in [2.24, 2.45) is 5.41 Å². The van der Waals surface area contributed by atoms with Crippen LogP contribution in [0.3, 0.4) is 0 Å². The van der Waals surface area contributed by atoms with Gasteiger partial charge in [-0.1, -0.05) is 30.3 Å². The van der Waals surface area contributed by atoms with Crippen LogP contribution in [0.5, 0.6) is 0 Å². The zero-order valence-corrected chi connectivity index (χ0v) is 11.0. The summed E-state index contributed by atoms with van der Waals surface area (Å²) in [5.41, 5.74) is 1.97. The van der Waals surface area contributed by atoms with Gasteiger partial charge in [-0.05, 0) is 43.1 Å². The van der Waals surface area contributed by atoms with E-state index < -0.39 is 0 Å². The molecule has 0 amide bonds. The highest BCUT2D eigenvalue weighted by atomic mass is 16.5. The van der Waals surface area contributed by atoms with Gasteiger partial charge >= 0.3 is 0 Å². The average molecular weight is 245 g/mol. The highest BCUT2D eigenvalue weighted by Crippen LogP contribution is 2.34. The first-order valence-electron chi connectivity index (χ1n) is 7.23. The Morgan fingerprint density at radius 2 is 2.06 bits per heavy atom. The number of nitrogens with one attached hydrogen (secondary N) is 1. The zero-order chi connectivity index (χ0) is 12.3. The summed E-state index contributed by atoms with van der Waals surface area (Å²) in [6.45, 7) is 3.33. The standard InChI is InChI=1S/C16H23NO/c1-2-5-14(6-3-1)11-16(12-17-13-16)9-8-15-7-4-10-18-15/h1-3,5-6,15,17H,4,7-13H2. The maximum atomic E-state index is 5.75. The topological polar surface area (TPSA) is 21.3 Å². The van der Waals surface area contributed by atoms with E-state index in [1.54, 1.807) is 0 Å². The monoisotopic (exact) mass is 245 g/mol. The molecule has 2 heterocycles. The molecule has 1 unspecified atom stereocenters. The Balaban J connectivity index is 1.56. The predicted octanol–water partition coefficient (Wildman–Crippen LogP) is 2.78. The minimum Gasteiger partial charge on any atom is -0.378 e. The van der Waals surface area contributed by atoms with Crippen molar-refractivity contribution in [1.29, 1.82) is 0 Å². The molecule has 0 aliphatic carbocycles. The molecule has 0 spiro atoms. The van der Waals surface area contributed by atoms with E-state index in [0.29, 0.717) is 11.5 Å². The van der Waals surface area contributed by atoms with Crippen LogP contribution in [0, 0.1) is 5.41 Å². The van der Waals surface area contributed by atoms with Gasteiger partial charge in [0, 0.05) is 19.7 Å². The number of ether oxygens (including phenoxy) is 1. The van der Waals surface area contributed by atoms with Crippen LogP contribution in [0.4, 0.5) is 0 Å². The molecular weight excluding hydrogens is 222 g/mol. The maximum Gasteiger partial charge on any atom is 0.0576 e. The Kier molecular flexibility index (Phi) is 3.67. The minimum atomic E-state index is 0.493. The van der Waals surface area contributed by atoms with Crippen molar-refractivity contribution < 1.29 is 4.74 Å². The van der Waals surface area contributed by atoms with Crippen LogP contribution < -0.4 is 5.32 Å².